The van der Waals surface area contributed by atoms with Crippen LogP contribution in [0, 0.1) is 13.8 Å². The number of benzene rings is 2. The van der Waals surface area contributed by atoms with Gasteiger partial charge in [0.05, 0.1) is 0 Å². The van der Waals surface area contributed by atoms with Gasteiger partial charge in [0.2, 0.25) is 5.91 Å². The summed E-state index contributed by atoms with van der Waals surface area (Å²) in [6.07, 6.45) is 2.60. The molecule has 1 saturated heterocycles. The van der Waals surface area contributed by atoms with E-state index in [0.29, 0.717) is 12.0 Å². The Kier molecular flexibility index (Phi) is 4.65. The fraction of sp³-hybridized carbons (Fsp3) is 0.300. The van der Waals surface area contributed by atoms with Crippen LogP contribution in [0.1, 0.15) is 40.7 Å². The van der Waals surface area contributed by atoms with Gasteiger partial charge in [-0.15, -0.1) is 0 Å². The number of aryl methyl sites for hydroxylation is 1. The summed E-state index contributed by atoms with van der Waals surface area (Å²) in [6.45, 7) is 4.78. The lowest BCUT2D eigenvalue weighted by Gasteiger charge is -2.26. The maximum Gasteiger partial charge on any atom is 0.255 e. The normalized spacial score (nSPS) is 14.6. The van der Waals surface area contributed by atoms with E-state index in [1.54, 1.807) is 17.0 Å². The highest BCUT2D eigenvalue weighted by Crippen LogP contribution is 2.22. The van der Waals surface area contributed by atoms with Crippen molar-refractivity contribution in [2.24, 2.45) is 0 Å². The number of hydrogen-bond acceptors (Lipinski definition) is 2. The third kappa shape index (κ3) is 3.32. The van der Waals surface area contributed by atoms with Crippen LogP contribution < -0.4 is 10.2 Å². The number of hydrogen-bond donors (Lipinski definition) is 1. The van der Waals surface area contributed by atoms with E-state index in [-0.39, 0.29) is 11.8 Å². The van der Waals surface area contributed by atoms with E-state index in [1.165, 1.54) is 0 Å². The van der Waals surface area contributed by atoms with Crippen LogP contribution in [0.3, 0.4) is 0 Å². The molecule has 4 heteroatoms. The van der Waals surface area contributed by atoms with E-state index in [0.717, 1.165) is 41.9 Å². The van der Waals surface area contributed by atoms with Gasteiger partial charge in [-0.25, -0.2) is 0 Å². The molecule has 1 fully saturated rings. The van der Waals surface area contributed by atoms with Crippen LogP contribution in [0.5, 0.6) is 0 Å². The van der Waals surface area contributed by atoms with Crippen LogP contribution in [0.4, 0.5) is 11.4 Å². The van der Waals surface area contributed by atoms with Crippen LogP contribution in [-0.2, 0) is 4.79 Å². The molecule has 2 amide bonds. The lowest BCUT2D eigenvalue weighted by Crippen LogP contribution is -2.35. The van der Waals surface area contributed by atoms with Gasteiger partial charge in [0.25, 0.3) is 5.91 Å². The molecule has 0 atom stereocenters. The molecule has 1 N–H and O–H groups in total. The van der Waals surface area contributed by atoms with Crippen molar-refractivity contribution >= 4 is 23.2 Å². The zero-order valence-corrected chi connectivity index (χ0v) is 14.1. The minimum absolute atomic E-state index is 0.139. The molecule has 1 aliphatic rings. The summed E-state index contributed by atoms with van der Waals surface area (Å²) in [7, 11) is 0. The van der Waals surface area contributed by atoms with Crippen molar-refractivity contribution in [3.8, 4) is 0 Å². The lowest BCUT2D eigenvalue weighted by molar-refractivity contribution is -0.119. The summed E-state index contributed by atoms with van der Waals surface area (Å²) in [6, 6.07) is 13.1. The average Bonchev–Trinajstić information content (AvgIpc) is 2.59. The number of carbonyl (C=O) groups excluding carboxylic acids is 2. The standard InChI is InChI=1S/C20H22N2O2/c1-14-6-5-7-18(15(14)2)21-20(24)16-9-11-17(12-10-16)22-13-4-3-8-19(22)23/h5-7,9-12H,3-4,8,13H2,1-2H3,(H,21,24). The van der Waals surface area contributed by atoms with Crippen LogP contribution in [0.2, 0.25) is 0 Å². The Morgan fingerprint density at radius 1 is 1.04 bits per heavy atom. The first-order valence-electron chi connectivity index (χ1n) is 8.34. The fourth-order valence-corrected chi connectivity index (χ4v) is 2.95. The summed E-state index contributed by atoms with van der Waals surface area (Å²) >= 11 is 0. The zero-order chi connectivity index (χ0) is 17.1. The molecule has 2 aromatic rings. The summed E-state index contributed by atoms with van der Waals surface area (Å²) in [4.78, 5) is 26.2. The van der Waals surface area contributed by atoms with E-state index in [9.17, 15) is 9.59 Å². The van der Waals surface area contributed by atoms with Gasteiger partial charge in [0.1, 0.15) is 0 Å². The number of anilines is 2. The Balaban J connectivity index is 1.74. The molecule has 2 aromatic carbocycles. The Hall–Kier alpha value is -2.62. The summed E-state index contributed by atoms with van der Waals surface area (Å²) < 4.78 is 0. The number of carbonyl (C=O) groups is 2. The maximum atomic E-state index is 12.4. The van der Waals surface area contributed by atoms with Crippen molar-refractivity contribution in [2.75, 3.05) is 16.8 Å². The molecule has 0 aliphatic carbocycles. The Labute approximate surface area is 142 Å². The molecule has 3 rings (SSSR count). The van der Waals surface area contributed by atoms with Crippen molar-refractivity contribution in [3.05, 3.63) is 59.2 Å². The van der Waals surface area contributed by atoms with Crippen molar-refractivity contribution in [1.29, 1.82) is 0 Å². The molecule has 4 nitrogen and oxygen atoms in total. The van der Waals surface area contributed by atoms with Crippen LogP contribution >= 0.6 is 0 Å². The Bertz CT molecular complexity index is 766. The van der Waals surface area contributed by atoms with Gasteiger partial charge < -0.3 is 10.2 Å². The van der Waals surface area contributed by atoms with Crippen LogP contribution in [0.15, 0.2) is 42.5 Å². The molecule has 0 aromatic heterocycles. The van der Waals surface area contributed by atoms with Crippen LogP contribution in [0.25, 0.3) is 0 Å². The highest BCUT2D eigenvalue weighted by molar-refractivity contribution is 6.05. The molecular formula is C20H22N2O2. The number of rotatable bonds is 3. The number of amides is 2. The van der Waals surface area contributed by atoms with Gasteiger partial charge in [-0.3, -0.25) is 9.59 Å². The molecule has 1 heterocycles. The first kappa shape index (κ1) is 16.2. The van der Waals surface area contributed by atoms with Crippen molar-refractivity contribution in [3.63, 3.8) is 0 Å². The van der Waals surface area contributed by atoms with E-state index in [4.69, 9.17) is 0 Å². The van der Waals surface area contributed by atoms with Gasteiger partial charge in [0, 0.05) is 29.9 Å². The molecule has 0 unspecified atom stereocenters. The monoisotopic (exact) mass is 322 g/mol. The van der Waals surface area contributed by atoms with Gasteiger partial charge in [-0.05, 0) is 68.1 Å². The van der Waals surface area contributed by atoms with Crippen molar-refractivity contribution in [2.45, 2.75) is 33.1 Å². The molecule has 1 aliphatic heterocycles. The minimum Gasteiger partial charge on any atom is -0.322 e. The molecule has 0 saturated carbocycles. The third-order valence-electron chi connectivity index (χ3n) is 4.62. The number of piperidine rings is 1. The van der Waals surface area contributed by atoms with Crippen molar-refractivity contribution in [1.82, 2.24) is 0 Å². The first-order valence-corrected chi connectivity index (χ1v) is 8.34. The smallest absolute Gasteiger partial charge is 0.255 e. The maximum absolute atomic E-state index is 12.4. The number of nitrogens with zero attached hydrogens (tertiary/aromatic N) is 1. The molecule has 0 spiro atoms. The summed E-state index contributed by atoms with van der Waals surface area (Å²) in [5, 5.41) is 2.96. The summed E-state index contributed by atoms with van der Waals surface area (Å²) in [5.74, 6) is 0.0223. The fourth-order valence-electron chi connectivity index (χ4n) is 2.95. The van der Waals surface area contributed by atoms with Gasteiger partial charge in [0.15, 0.2) is 0 Å². The molecule has 0 bridgehead atoms. The first-order chi connectivity index (χ1) is 11.6. The molecule has 124 valence electrons. The molecule has 0 radical (unpaired) electrons. The highest BCUT2D eigenvalue weighted by Gasteiger charge is 2.19. The number of nitrogens with one attached hydrogen (secondary N) is 1. The Morgan fingerprint density at radius 2 is 1.79 bits per heavy atom. The third-order valence-corrected chi connectivity index (χ3v) is 4.62. The minimum atomic E-state index is -0.139. The largest absolute Gasteiger partial charge is 0.322 e. The lowest BCUT2D eigenvalue weighted by atomic mass is 10.1. The topological polar surface area (TPSA) is 49.4 Å². The van der Waals surface area contributed by atoms with E-state index in [2.05, 4.69) is 5.32 Å². The zero-order valence-electron chi connectivity index (χ0n) is 14.1. The van der Waals surface area contributed by atoms with Crippen molar-refractivity contribution < 1.29 is 9.59 Å². The van der Waals surface area contributed by atoms with Crippen LogP contribution in [-0.4, -0.2) is 18.4 Å². The second-order valence-corrected chi connectivity index (χ2v) is 6.25. The van der Waals surface area contributed by atoms with Gasteiger partial charge in [-0.2, -0.15) is 0 Å². The quantitative estimate of drug-likeness (QED) is 0.926. The predicted molar refractivity (Wildman–Crippen MR) is 96.5 cm³/mol. The molecular weight excluding hydrogens is 300 g/mol. The predicted octanol–water partition coefficient (Wildman–Crippen LogP) is 4.07. The van der Waals surface area contributed by atoms with E-state index in [1.807, 2.05) is 44.2 Å². The molecule has 24 heavy (non-hydrogen) atoms. The van der Waals surface area contributed by atoms with E-state index < -0.39 is 0 Å². The van der Waals surface area contributed by atoms with Gasteiger partial charge >= 0.3 is 0 Å². The second kappa shape index (κ2) is 6.87. The SMILES string of the molecule is Cc1cccc(NC(=O)c2ccc(N3CCCCC3=O)cc2)c1C. The second-order valence-electron chi connectivity index (χ2n) is 6.25. The average molecular weight is 322 g/mol. The summed E-state index contributed by atoms with van der Waals surface area (Å²) in [5.41, 5.74) is 4.50. The van der Waals surface area contributed by atoms with Gasteiger partial charge in [-0.1, -0.05) is 12.1 Å². The van der Waals surface area contributed by atoms with E-state index >= 15 is 0 Å². The highest BCUT2D eigenvalue weighted by atomic mass is 16.2. The Morgan fingerprint density at radius 3 is 2.50 bits per heavy atom.